The lowest BCUT2D eigenvalue weighted by Gasteiger charge is -2.03. The Hall–Kier alpha value is -2.20. The van der Waals surface area contributed by atoms with Crippen molar-refractivity contribution in [3.8, 4) is 5.69 Å². The van der Waals surface area contributed by atoms with Crippen LogP contribution >= 0.6 is 0 Å². The summed E-state index contributed by atoms with van der Waals surface area (Å²) in [5.41, 5.74) is 4.12. The van der Waals surface area contributed by atoms with Crippen molar-refractivity contribution < 1.29 is 0 Å². The number of para-hydroxylation sites is 1. The summed E-state index contributed by atoms with van der Waals surface area (Å²) in [5, 5.41) is 8.84. The normalized spacial score (nSPS) is 11.1. The molecule has 19 heavy (non-hydrogen) atoms. The number of hydrogen-bond donors (Lipinski definition) is 1. The quantitative estimate of drug-likeness (QED) is 0.778. The zero-order valence-corrected chi connectivity index (χ0v) is 11.1. The van der Waals surface area contributed by atoms with E-state index in [1.165, 1.54) is 5.56 Å². The van der Waals surface area contributed by atoms with Crippen LogP contribution in [-0.4, -0.2) is 21.8 Å². The van der Waals surface area contributed by atoms with E-state index in [4.69, 9.17) is 0 Å². The number of fused-ring (bicyclic) bond motifs is 1. The second-order valence-electron chi connectivity index (χ2n) is 4.58. The minimum atomic E-state index is 0.818. The van der Waals surface area contributed by atoms with Gasteiger partial charge < -0.3 is 5.32 Å². The third-order valence-electron chi connectivity index (χ3n) is 3.15. The van der Waals surface area contributed by atoms with Gasteiger partial charge >= 0.3 is 0 Å². The van der Waals surface area contributed by atoms with Crippen LogP contribution in [0.2, 0.25) is 0 Å². The van der Waals surface area contributed by atoms with Gasteiger partial charge in [0.1, 0.15) is 0 Å². The molecule has 0 amide bonds. The maximum Gasteiger partial charge on any atom is 0.163 e. The van der Waals surface area contributed by atoms with Crippen LogP contribution in [0.1, 0.15) is 11.3 Å². The van der Waals surface area contributed by atoms with E-state index >= 15 is 0 Å². The molecule has 0 radical (unpaired) electrons. The van der Waals surface area contributed by atoms with E-state index in [2.05, 4.69) is 21.5 Å². The SMILES string of the molecule is CNCc1cnc2c(c1)c(C)nn2-c1ccccc1. The van der Waals surface area contributed by atoms with E-state index in [9.17, 15) is 0 Å². The number of aryl methyl sites for hydroxylation is 1. The third kappa shape index (κ3) is 2.11. The average molecular weight is 252 g/mol. The maximum atomic E-state index is 4.59. The summed E-state index contributed by atoms with van der Waals surface area (Å²) in [7, 11) is 1.93. The molecule has 4 nitrogen and oxygen atoms in total. The van der Waals surface area contributed by atoms with E-state index < -0.39 is 0 Å². The van der Waals surface area contributed by atoms with Gasteiger partial charge in [-0.1, -0.05) is 18.2 Å². The first-order valence-electron chi connectivity index (χ1n) is 6.34. The molecule has 3 rings (SSSR count). The van der Waals surface area contributed by atoms with Crippen molar-refractivity contribution in [2.45, 2.75) is 13.5 Å². The molecule has 0 aliphatic carbocycles. The zero-order chi connectivity index (χ0) is 13.2. The van der Waals surface area contributed by atoms with Gasteiger partial charge in [0.05, 0.1) is 11.4 Å². The molecule has 0 aliphatic heterocycles. The van der Waals surface area contributed by atoms with Crippen molar-refractivity contribution in [2.24, 2.45) is 0 Å². The Morgan fingerprint density at radius 2 is 2.00 bits per heavy atom. The van der Waals surface area contributed by atoms with Gasteiger partial charge in [0, 0.05) is 18.1 Å². The number of benzene rings is 1. The number of aromatic nitrogens is 3. The first-order chi connectivity index (χ1) is 9.29. The molecule has 1 N–H and O–H groups in total. The van der Waals surface area contributed by atoms with Gasteiger partial charge in [0.15, 0.2) is 5.65 Å². The van der Waals surface area contributed by atoms with Crippen molar-refractivity contribution in [3.63, 3.8) is 0 Å². The number of hydrogen-bond acceptors (Lipinski definition) is 3. The molecule has 2 aromatic heterocycles. The van der Waals surface area contributed by atoms with Gasteiger partial charge in [0.25, 0.3) is 0 Å². The largest absolute Gasteiger partial charge is 0.316 e. The minimum Gasteiger partial charge on any atom is -0.316 e. The summed E-state index contributed by atoms with van der Waals surface area (Å²) in [6.07, 6.45) is 1.90. The van der Waals surface area contributed by atoms with E-state index in [-0.39, 0.29) is 0 Å². The van der Waals surface area contributed by atoms with Crippen LogP contribution in [0.5, 0.6) is 0 Å². The Balaban J connectivity index is 2.18. The summed E-state index contributed by atoms with van der Waals surface area (Å²) in [6, 6.07) is 12.2. The molecule has 1 aromatic carbocycles. The fourth-order valence-electron chi connectivity index (χ4n) is 2.24. The van der Waals surface area contributed by atoms with E-state index in [0.29, 0.717) is 0 Å². The second-order valence-corrected chi connectivity index (χ2v) is 4.58. The van der Waals surface area contributed by atoms with Crippen molar-refractivity contribution in [1.29, 1.82) is 0 Å². The molecule has 0 aliphatic rings. The van der Waals surface area contributed by atoms with Gasteiger partial charge in [-0.05, 0) is 37.7 Å². The first kappa shape index (κ1) is 11.9. The van der Waals surface area contributed by atoms with Crippen LogP contribution in [0.4, 0.5) is 0 Å². The zero-order valence-electron chi connectivity index (χ0n) is 11.1. The average Bonchev–Trinajstić information content (AvgIpc) is 2.78. The monoisotopic (exact) mass is 252 g/mol. The molecule has 0 atom stereocenters. The Morgan fingerprint density at radius 1 is 1.21 bits per heavy atom. The molecule has 4 heteroatoms. The highest BCUT2D eigenvalue weighted by Crippen LogP contribution is 2.20. The summed E-state index contributed by atoms with van der Waals surface area (Å²) in [4.78, 5) is 4.56. The predicted octanol–water partition coefficient (Wildman–Crippen LogP) is 2.45. The van der Waals surface area contributed by atoms with Crippen molar-refractivity contribution >= 4 is 11.0 Å². The number of rotatable bonds is 3. The lowest BCUT2D eigenvalue weighted by atomic mass is 10.2. The van der Waals surface area contributed by atoms with E-state index in [1.54, 1.807) is 0 Å². The van der Waals surface area contributed by atoms with Crippen molar-refractivity contribution in [1.82, 2.24) is 20.1 Å². The standard InChI is InChI=1S/C15H16N4/c1-11-14-8-12(9-16-2)10-17-15(14)19(18-11)13-6-4-3-5-7-13/h3-8,10,16H,9H2,1-2H3. The third-order valence-corrected chi connectivity index (χ3v) is 3.15. The van der Waals surface area contributed by atoms with E-state index in [1.807, 2.05) is 55.2 Å². The topological polar surface area (TPSA) is 42.7 Å². The Kier molecular flexibility index (Phi) is 3.01. The van der Waals surface area contributed by atoms with E-state index in [0.717, 1.165) is 29.0 Å². The number of pyridine rings is 1. The molecule has 96 valence electrons. The second kappa shape index (κ2) is 4.82. The lowest BCUT2D eigenvalue weighted by Crippen LogP contribution is -2.05. The van der Waals surface area contributed by atoms with Crippen LogP contribution in [0.3, 0.4) is 0 Å². The van der Waals surface area contributed by atoms with Crippen LogP contribution in [0.25, 0.3) is 16.7 Å². The molecule has 0 fully saturated rings. The highest BCUT2D eigenvalue weighted by molar-refractivity contribution is 5.80. The summed E-state index contributed by atoms with van der Waals surface area (Å²) >= 11 is 0. The lowest BCUT2D eigenvalue weighted by molar-refractivity contribution is 0.814. The minimum absolute atomic E-state index is 0.818. The van der Waals surface area contributed by atoms with Crippen LogP contribution in [-0.2, 0) is 6.54 Å². The van der Waals surface area contributed by atoms with Crippen LogP contribution in [0, 0.1) is 6.92 Å². The fraction of sp³-hybridized carbons (Fsp3) is 0.200. The van der Waals surface area contributed by atoms with Gasteiger partial charge in [-0.25, -0.2) is 9.67 Å². The smallest absolute Gasteiger partial charge is 0.163 e. The van der Waals surface area contributed by atoms with Crippen LogP contribution < -0.4 is 5.32 Å². The predicted molar refractivity (Wildman–Crippen MR) is 76.4 cm³/mol. The molecule has 3 aromatic rings. The van der Waals surface area contributed by atoms with Gasteiger partial charge in [-0.3, -0.25) is 0 Å². The molecule has 2 heterocycles. The summed E-state index contributed by atoms with van der Waals surface area (Å²) in [5.74, 6) is 0. The molecular formula is C15H16N4. The molecule has 0 saturated carbocycles. The maximum absolute atomic E-state index is 4.59. The highest BCUT2D eigenvalue weighted by atomic mass is 15.3. The summed E-state index contributed by atoms with van der Waals surface area (Å²) < 4.78 is 1.90. The molecule has 0 spiro atoms. The Labute approximate surface area is 112 Å². The van der Waals surface area contributed by atoms with Crippen LogP contribution in [0.15, 0.2) is 42.6 Å². The molecule has 0 unspecified atom stereocenters. The molecular weight excluding hydrogens is 236 g/mol. The Morgan fingerprint density at radius 3 is 2.74 bits per heavy atom. The first-order valence-corrected chi connectivity index (χ1v) is 6.34. The highest BCUT2D eigenvalue weighted by Gasteiger charge is 2.10. The number of nitrogens with zero attached hydrogens (tertiary/aromatic N) is 3. The Bertz CT molecular complexity index is 701. The molecule has 0 saturated heterocycles. The van der Waals surface area contributed by atoms with Gasteiger partial charge in [-0.2, -0.15) is 5.10 Å². The van der Waals surface area contributed by atoms with Crippen molar-refractivity contribution in [2.75, 3.05) is 7.05 Å². The van der Waals surface area contributed by atoms with Gasteiger partial charge in [-0.15, -0.1) is 0 Å². The summed E-state index contributed by atoms with van der Waals surface area (Å²) in [6.45, 7) is 2.84. The fourth-order valence-corrected chi connectivity index (χ4v) is 2.24. The van der Waals surface area contributed by atoms with Gasteiger partial charge in [0.2, 0.25) is 0 Å². The van der Waals surface area contributed by atoms with Crippen molar-refractivity contribution in [3.05, 3.63) is 53.9 Å². The number of nitrogens with one attached hydrogen (secondary N) is 1. The molecule has 0 bridgehead atoms.